The highest BCUT2D eigenvalue weighted by molar-refractivity contribution is 5.94. The summed E-state index contributed by atoms with van der Waals surface area (Å²) >= 11 is 0. The quantitative estimate of drug-likeness (QED) is 0.705. The number of carbonyl (C=O) groups is 2. The van der Waals surface area contributed by atoms with Gasteiger partial charge in [-0.15, -0.1) is 0 Å². The SMILES string of the molecule is CC(=O)N1c2ccc(-c3ccc(CN4CCNCC4)cc3)cc2C(NC(=O)O)CC1C. The minimum atomic E-state index is -1.05. The lowest BCUT2D eigenvalue weighted by Gasteiger charge is -2.39. The number of nitrogens with one attached hydrogen (secondary N) is 2. The minimum absolute atomic E-state index is 0.0347. The van der Waals surface area contributed by atoms with Gasteiger partial charge in [-0.05, 0) is 47.7 Å². The highest BCUT2D eigenvalue weighted by atomic mass is 16.4. The van der Waals surface area contributed by atoms with Gasteiger partial charge in [0.15, 0.2) is 0 Å². The summed E-state index contributed by atoms with van der Waals surface area (Å²) in [7, 11) is 0. The summed E-state index contributed by atoms with van der Waals surface area (Å²) in [6.07, 6.45) is -0.506. The standard InChI is InChI=1S/C24H30N4O3/c1-16-13-22(26-24(30)31)21-14-20(7-8-23(21)28(16)17(2)29)19-5-3-18(4-6-19)15-27-11-9-25-10-12-27/h3-8,14,16,22,25-26H,9-13,15H2,1-2H3,(H,30,31). The lowest BCUT2D eigenvalue weighted by atomic mass is 9.89. The van der Waals surface area contributed by atoms with E-state index in [0.717, 1.165) is 55.1 Å². The summed E-state index contributed by atoms with van der Waals surface area (Å²) in [5, 5.41) is 15.3. The molecule has 3 N–H and O–H groups in total. The fourth-order valence-electron chi connectivity index (χ4n) is 4.74. The highest BCUT2D eigenvalue weighted by Crippen LogP contribution is 2.39. The Balaban J connectivity index is 1.61. The average molecular weight is 423 g/mol. The van der Waals surface area contributed by atoms with Crippen LogP contribution >= 0.6 is 0 Å². The number of carbonyl (C=O) groups excluding carboxylic acids is 1. The average Bonchev–Trinajstić information content (AvgIpc) is 2.74. The predicted octanol–water partition coefficient (Wildman–Crippen LogP) is 3.21. The van der Waals surface area contributed by atoms with Crippen molar-refractivity contribution < 1.29 is 14.7 Å². The zero-order chi connectivity index (χ0) is 22.0. The smallest absolute Gasteiger partial charge is 0.405 e. The highest BCUT2D eigenvalue weighted by Gasteiger charge is 2.33. The maximum Gasteiger partial charge on any atom is 0.405 e. The second-order valence-corrected chi connectivity index (χ2v) is 8.47. The molecule has 2 aromatic rings. The first-order chi connectivity index (χ1) is 14.9. The Morgan fingerprint density at radius 3 is 2.42 bits per heavy atom. The molecule has 2 heterocycles. The first kappa shape index (κ1) is 21.3. The van der Waals surface area contributed by atoms with Crippen LogP contribution in [0.3, 0.4) is 0 Å². The molecule has 2 aliphatic heterocycles. The molecule has 0 aromatic heterocycles. The van der Waals surface area contributed by atoms with Gasteiger partial charge in [0.1, 0.15) is 0 Å². The van der Waals surface area contributed by atoms with E-state index in [9.17, 15) is 14.7 Å². The molecule has 7 nitrogen and oxygen atoms in total. The van der Waals surface area contributed by atoms with Crippen molar-refractivity contribution in [2.24, 2.45) is 0 Å². The van der Waals surface area contributed by atoms with Crippen molar-refractivity contribution in [3.05, 3.63) is 53.6 Å². The number of carboxylic acid groups (broad SMARTS) is 1. The van der Waals surface area contributed by atoms with Gasteiger partial charge in [-0.25, -0.2) is 4.79 Å². The van der Waals surface area contributed by atoms with E-state index in [2.05, 4.69) is 39.8 Å². The maximum atomic E-state index is 12.2. The molecule has 0 aliphatic carbocycles. The van der Waals surface area contributed by atoms with Gasteiger partial charge in [0.05, 0.1) is 6.04 Å². The van der Waals surface area contributed by atoms with E-state index in [0.29, 0.717) is 6.42 Å². The van der Waals surface area contributed by atoms with Gasteiger partial charge in [0.25, 0.3) is 0 Å². The summed E-state index contributed by atoms with van der Waals surface area (Å²) < 4.78 is 0. The van der Waals surface area contributed by atoms with E-state index < -0.39 is 6.09 Å². The third-order valence-corrected chi connectivity index (χ3v) is 6.22. The monoisotopic (exact) mass is 422 g/mol. The van der Waals surface area contributed by atoms with Crippen molar-refractivity contribution in [2.45, 2.75) is 38.9 Å². The lowest BCUT2D eigenvalue weighted by molar-refractivity contribution is -0.117. The molecule has 7 heteroatoms. The van der Waals surface area contributed by atoms with Gasteiger partial charge in [0.2, 0.25) is 5.91 Å². The van der Waals surface area contributed by atoms with Crippen LogP contribution in [0.25, 0.3) is 11.1 Å². The first-order valence-corrected chi connectivity index (χ1v) is 10.9. The van der Waals surface area contributed by atoms with E-state index in [4.69, 9.17) is 0 Å². The van der Waals surface area contributed by atoms with Gasteiger partial charge in [0, 0.05) is 51.4 Å². The Bertz CT molecular complexity index is 954. The maximum absolute atomic E-state index is 12.2. The van der Waals surface area contributed by atoms with Crippen molar-refractivity contribution in [3.8, 4) is 11.1 Å². The Hall–Kier alpha value is -2.90. The van der Waals surface area contributed by atoms with Crippen LogP contribution in [0.15, 0.2) is 42.5 Å². The molecule has 2 amide bonds. The first-order valence-electron chi connectivity index (χ1n) is 10.9. The van der Waals surface area contributed by atoms with Crippen molar-refractivity contribution in [1.29, 1.82) is 0 Å². The number of anilines is 1. The lowest BCUT2D eigenvalue weighted by Crippen LogP contribution is -2.45. The van der Waals surface area contributed by atoms with E-state index in [1.165, 1.54) is 5.56 Å². The number of rotatable bonds is 4. The molecule has 2 aliphatic rings. The van der Waals surface area contributed by atoms with Gasteiger partial charge in [-0.2, -0.15) is 0 Å². The zero-order valence-corrected chi connectivity index (χ0v) is 18.1. The van der Waals surface area contributed by atoms with Gasteiger partial charge in [-0.3, -0.25) is 9.69 Å². The van der Waals surface area contributed by atoms with Crippen molar-refractivity contribution in [2.75, 3.05) is 31.1 Å². The van der Waals surface area contributed by atoms with Crippen LogP contribution in [0.5, 0.6) is 0 Å². The Morgan fingerprint density at radius 2 is 1.77 bits per heavy atom. The van der Waals surface area contributed by atoms with Crippen LogP contribution in [0, 0.1) is 0 Å². The number of fused-ring (bicyclic) bond motifs is 1. The summed E-state index contributed by atoms with van der Waals surface area (Å²) in [5.41, 5.74) is 5.00. The van der Waals surface area contributed by atoms with Crippen molar-refractivity contribution >= 4 is 17.7 Å². The summed E-state index contributed by atoms with van der Waals surface area (Å²) in [6, 6.07) is 14.1. The largest absolute Gasteiger partial charge is 0.465 e. The molecule has 0 radical (unpaired) electrons. The molecule has 1 saturated heterocycles. The molecule has 1 fully saturated rings. The second-order valence-electron chi connectivity index (χ2n) is 8.47. The van der Waals surface area contributed by atoms with E-state index in [1.807, 2.05) is 25.1 Å². The molecule has 0 bridgehead atoms. The number of benzene rings is 2. The Kier molecular flexibility index (Phi) is 6.25. The molecule has 164 valence electrons. The van der Waals surface area contributed by atoms with Crippen LogP contribution in [-0.4, -0.2) is 54.2 Å². The van der Waals surface area contributed by atoms with Crippen LogP contribution < -0.4 is 15.5 Å². The van der Waals surface area contributed by atoms with Crippen molar-refractivity contribution in [1.82, 2.24) is 15.5 Å². The third-order valence-electron chi connectivity index (χ3n) is 6.22. The molecule has 0 spiro atoms. The Morgan fingerprint density at radius 1 is 1.10 bits per heavy atom. The minimum Gasteiger partial charge on any atom is -0.465 e. The van der Waals surface area contributed by atoms with Crippen LogP contribution in [0.1, 0.15) is 37.4 Å². The summed E-state index contributed by atoms with van der Waals surface area (Å²) in [6.45, 7) is 8.65. The topological polar surface area (TPSA) is 84.9 Å². The number of hydrogen-bond donors (Lipinski definition) is 3. The number of hydrogen-bond acceptors (Lipinski definition) is 4. The van der Waals surface area contributed by atoms with Crippen LogP contribution in [0.2, 0.25) is 0 Å². The number of nitrogens with zero attached hydrogens (tertiary/aromatic N) is 2. The summed E-state index contributed by atoms with van der Waals surface area (Å²) in [4.78, 5) is 27.8. The fraction of sp³-hybridized carbons (Fsp3) is 0.417. The molecule has 2 aromatic carbocycles. The van der Waals surface area contributed by atoms with Crippen LogP contribution in [-0.2, 0) is 11.3 Å². The fourth-order valence-corrected chi connectivity index (χ4v) is 4.74. The van der Waals surface area contributed by atoms with E-state index in [-0.39, 0.29) is 18.0 Å². The molecule has 31 heavy (non-hydrogen) atoms. The third kappa shape index (κ3) is 4.73. The van der Waals surface area contributed by atoms with Gasteiger partial charge < -0.3 is 20.6 Å². The number of piperazine rings is 1. The van der Waals surface area contributed by atoms with Crippen LogP contribution in [0.4, 0.5) is 10.5 Å². The molecule has 2 unspecified atom stereocenters. The second kappa shape index (κ2) is 9.08. The molecule has 0 saturated carbocycles. The van der Waals surface area contributed by atoms with Gasteiger partial charge in [-0.1, -0.05) is 30.3 Å². The Labute approximate surface area is 183 Å². The van der Waals surface area contributed by atoms with E-state index >= 15 is 0 Å². The zero-order valence-electron chi connectivity index (χ0n) is 18.1. The van der Waals surface area contributed by atoms with Gasteiger partial charge >= 0.3 is 6.09 Å². The molecule has 2 atom stereocenters. The number of amides is 2. The normalized spacial score (nSPS) is 21.4. The predicted molar refractivity (Wildman–Crippen MR) is 121 cm³/mol. The van der Waals surface area contributed by atoms with Crippen molar-refractivity contribution in [3.63, 3.8) is 0 Å². The van der Waals surface area contributed by atoms with E-state index in [1.54, 1.807) is 11.8 Å². The molecular formula is C24H30N4O3. The molecular weight excluding hydrogens is 392 g/mol. The summed E-state index contributed by atoms with van der Waals surface area (Å²) in [5.74, 6) is -0.0347. The molecule has 4 rings (SSSR count).